The predicted molar refractivity (Wildman–Crippen MR) is 112 cm³/mol. The molecule has 0 unspecified atom stereocenters. The van der Waals surface area contributed by atoms with Crippen molar-refractivity contribution in [2.24, 2.45) is 0 Å². The van der Waals surface area contributed by atoms with Crippen molar-refractivity contribution in [3.63, 3.8) is 0 Å². The number of carbonyl (C=O) groups is 1. The third-order valence-corrected chi connectivity index (χ3v) is 5.19. The largest absolute Gasteiger partial charge is 0.507 e. The van der Waals surface area contributed by atoms with E-state index >= 15 is 0 Å². The van der Waals surface area contributed by atoms with E-state index in [0.717, 1.165) is 38.7 Å². The average Bonchev–Trinajstić information content (AvgIpc) is 3.08. The first-order valence-corrected chi connectivity index (χ1v) is 9.31. The lowest BCUT2D eigenvalue weighted by atomic mass is 9.98. The molecule has 0 bridgehead atoms. The second-order valence-corrected chi connectivity index (χ2v) is 7.09. The van der Waals surface area contributed by atoms with Crippen molar-refractivity contribution in [2.75, 3.05) is 0 Å². The molecule has 0 atom stereocenters. The van der Waals surface area contributed by atoms with E-state index in [-0.39, 0.29) is 12.2 Å². The minimum atomic E-state index is -0.816. The molecule has 4 aromatic rings. The Morgan fingerprint density at radius 2 is 1.64 bits per heavy atom. The fourth-order valence-corrected chi connectivity index (χ4v) is 3.69. The number of aliphatic carboxylic acids is 1. The first-order chi connectivity index (χ1) is 13.5. The molecule has 5 heteroatoms. The molecule has 1 heterocycles. The van der Waals surface area contributed by atoms with E-state index in [0.29, 0.717) is 11.4 Å². The number of nitrogens with one attached hydrogen (secondary N) is 1. The van der Waals surface area contributed by atoms with Gasteiger partial charge in [-0.2, -0.15) is 0 Å². The van der Waals surface area contributed by atoms with Crippen LogP contribution in [0.2, 0.25) is 5.02 Å². The average molecular weight is 392 g/mol. The van der Waals surface area contributed by atoms with E-state index < -0.39 is 5.97 Å². The maximum atomic E-state index is 10.9. The summed E-state index contributed by atoms with van der Waals surface area (Å²) in [6.07, 6.45) is 2.39. The van der Waals surface area contributed by atoms with Gasteiger partial charge in [0.25, 0.3) is 0 Å². The van der Waals surface area contributed by atoms with Crippen molar-refractivity contribution in [2.45, 2.75) is 12.8 Å². The summed E-state index contributed by atoms with van der Waals surface area (Å²) in [5.41, 5.74) is 5.38. The number of aromatic nitrogens is 1. The van der Waals surface area contributed by atoms with Crippen LogP contribution in [0.5, 0.6) is 5.75 Å². The van der Waals surface area contributed by atoms with E-state index in [1.54, 1.807) is 12.1 Å². The normalized spacial score (nSPS) is 11.0. The molecule has 28 heavy (non-hydrogen) atoms. The second kappa shape index (κ2) is 7.41. The maximum Gasteiger partial charge on any atom is 0.303 e. The molecule has 0 radical (unpaired) electrons. The minimum absolute atomic E-state index is 0.0835. The van der Waals surface area contributed by atoms with Crippen LogP contribution in [0.15, 0.2) is 66.9 Å². The fourth-order valence-electron chi connectivity index (χ4n) is 3.42. The zero-order valence-corrected chi connectivity index (χ0v) is 15.7. The van der Waals surface area contributed by atoms with Gasteiger partial charge in [-0.25, -0.2) is 0 Å². The number of hydrogen-bond donors (Lipinski definition) is 3. The number of benzene rings is 3. The van der Waals surface area contributed by atoms with Gasteiger partial charge in [-0.15, -0.1) is 0 Å². The topological polar surface area (TPSA) is 73.3 Å². The van der Waals surface area contributed by atoms with Crippen LogP contribution in [-0.2, 0) is 11.2 Å². The molecular weight excluding hydrogens is 374 g/mol. The van der Waals surface area contributed by atoms with Crippen LogP contribution in [0.4, 0.5) is 0 Å². The lowest BCUT2D eigenvalue weighted by Gasteiger charge is -2.09. The van der Waals surface area contributed by atoms with Gasteiger partial charge in [0, 0.05) is 34.6 Å². The fraction of sp³-hybridized carbons (Fsp3) is 0.0870. The molecular formula is C23H18ClNO3. The molecule has 140 valence electrons. The summed E-state index contributed by atoms with van der Waals surface area (Å²) in [6, 6.07) is 18.9. The first-order valence-electron chi connectivity index (χ1n) is 8.93. The SMILES string of the molecule is O=C(O)CCc1c[nH]c2cc(Cl)c(-c3ccc(-c4ccccc4O)cc3)cc12. The molecule has 4 rings (SSSR count). The van der Waals surface area contributed by atoms with Crippen molar-refractivity contribution in [1.29, 1.82) is 0 Å². The number of aromatic hydroxyl groups is 1. The molecule has 0 saturated heterocycles. The third-order valence-electron chi connectivity index (χ3n) is 4.87. The van der Waals surface area contributed by atoms with E-state index in [9.17, 15) is 9.90 Å². The summed E-state index contributed by atoms with van der Waals surface area (Å²) in [6.45, 7) is 0. The van der Waals surface area contributed by atoms with Crippen LogP contribution in [-0.4, -0.2) is 21.2 Å². The molecule has 3 aromatic carbocycles. The molecule has 0 fully saturated rings. The summed E-state index contributed by atoms with van der Waals surface area (Å²) < 4.78 is 0. The Morgan fingerprint density at radius 3 is 2.32 bits per heavy atom. The Kier molecular flexibility index (Phi) is 4.80. The van der Waals surface area contributed by atoms with Gasteiger partial charge in [0.2, 0.25) is 0 Å². The number of fused-ring (bicyclic) bond motifs is 1. The van der Waals surface area contributed by atoms with Gasteiger partial charge >= 0.3 is 5.97 Å². The molecule has 4 nitrogen and oxygen atoms in total. The summed E-state index contributed by atoms with van der Waals surface area (Å²) in [4.78, 5) is 14.1. The summed E-state index contributed by atoms with van der Waals surface area (Å²) >= 11 is 6.50. The van der Waals surface area contributed by atoms with E-state index in [4.69, 9.17) is 16.7 Å². The number of H-pyrrole nitrogens is 1. The zero-order valence-electron chi connectivity index (χ0n) is 14.9. The predicted octanol–water partition coefficient (Wildman–Crippen LogP) is 5.88. The van der Waals surface area contributed by atoms with Crippen molar-refractivity contribution in [3.05, 3.63) is 77.4 Å². The number of phenols is 1. The minimum Gasteiger partial charge on any atom is -0.507 e. The number of carboxylic acids is 1. The highest BCUT2D eigenvalue weighted by atomic mass is 35.5. The summed E-state index contributed by atoms with van der Waals surface area (Å²) in [5, 5.41) is 20.6. The molecule has 0 aliphatic heterocycles. The molecule has 0 aliphatic rings. The van der Waals surface area contributed by atoms with Gasteiger partial charge in [-0.05, 0) is 41.3 Å². The highest BCUT2D eigenvalue weighted by Gasteiger charge is 2.12. The number of aryl methyl sites for hydroxylation is 1. The highest BCUT2D eigenvalue weighted by Crippen LogP contribution is 2.35. The van der Waals surface area contributed by atoms with Crippen LogP contribution >= 0.6 is 11.6 Å². The Morgan fingerprint density at radius 1 is 0.964 bits per heavy atom. The van der Waals surface area contributed by atoms with E-state index in [1.165, 1.54) is 0 Å². The van der Waals surface area contributed by atoms with Crippen molar-refractivity contribution in [3.8, 4) is 28.0 Å². The van der Waals surface area contributed by atoms with Gasteiger partial charge in [0.15, 0.2) is 0 Å². The van der Waals surface area contributed by atoms with Gasteiger partial charge < -0.3 is 15.2 Å². The number of halogens is 1. The molecule has 1 aromatic heterocycles. The van der Waals surface area contributed by atoms with Crippen molar-refractivity contribution >= 4 is 28.5 Å². The highest BCUT2D eigenvalue weighted by molar-refractivity contribution is 6.34. The summed E-state index contributed by atoms with van der Waals surface area (Å²) in [7, 11) is 0. The molecule has 0 saturated carbocycles. The second-order valence-electron chi connectivity index (χ2n) is 6.68. The Balaban J connectivity index is 1.72. The number of hydrogen-bond acceptors (Lipinski definition) is 2. The Bertz CT molecular complexity index is 1160. The third kappa shape index (κ3) is 3.47. The quantitative estimate of drug-likeness (QED) is 0.398. The van der Waals surface area contributed by atoms with Gasteiger partial charge in [-0.3, -0.25) is 4.79 Å². The number of aromatic amines is 1. The van der Waals surface area contributed by atoms with Gasteiger partial charge in [-0.1, -0.05) is 54.1 Å². The van der Waals surface area contributed by atoms with Crippen LogP contribution in [0.3, 0.4) is 0 Å². The number of carboxylic acid groups (broad SMARTS) is 1. The molecule has 0 amide bonds. The molecule has 0 spiro atoms. The number of rotatable bonds is 5. The van der Waals surface area contributed by atoms with E-state index in [2.05, 4.69) is 4.98 Å². The lowest BCUT2D eigenvalue weighted by molar-refractivity contribution is -0.136. The molecule has 3 N–H and O–H groups in total. The maximum absolute atomic E-state index is 10.9. The van der Waals surface area contributed by atoms with Gasteiger partial charge in [0.05, 0.1) is 5.02 Å². The van der Waals surface area contributed by atoms with E-state index in [1.807, 2.05) is 54.7 Å². The molecule has 0 aliphatic carbocycles. The lowest BCUT2D eigenvalue weighted by Crippen LogP contribution is -1.96. The number of phenolic OH excluding ortho intramolecular Hbond substituents is 1. The standard InChI is InChI=1S/C23H18ClNO3/c24-20-12-21-19(16(13-25-21)9-10-23(27)28)11-18(20)15-7-5-14(6-8-15)17-3-1-2-4-22(17)26/h1-8,11-13,25-26H,9-10H2,(H,27,28). The summed E-state index contributed by atoms with van der Waals surface area (Å²) in [5.74, 6) is -0.576. The van der Waals surface area contributed by atoms with Crippen molar-refractivity contribution < 1.29 is 15.0 Å². The van der Waals surface area contributed by atoms with Crippen LogP contribution in [0.1, 0.15) is 12.0 Å². The Hall–Kier alpha value is -3.24. The van der Waals surface area contributed by atoms with Crippen LogP contribution in [0.25, 0.3) is 33.2 Å². The smallest absolute Gasteiger partial charge is 0.303 e. The Labute approximate surface area is 167 Å². The first kappa shape index (κ1) is 18.1. The number of para-hydroxylation sites is 1. The van der Waals surface area contributed by atoms with Crippen molar-refractivity contribution in [1.82, 2.24) is 4.98 Å². The monoisotopic (exact) mass is 391 g/mol. The van der Waals surface area contributed by atoms with Crippen LogP contribution < -0.4 is 0 Å². The van der Waals surface area contributed by atoms with Crippen LogP contribution in [0, 0.1) is 0 Å². The van der Waals surface area contributed by atoms with Gasteiger partial charge in [0.1, 0.15) is 5.75 Å². The zero-order chi connectivity index (χ0) is 19.7.